The van der Waals surface area contributed by atoms with Gasteiger partial charge in [-0.3, -0.25) is 10.1 Å². The second-order valence-electron chi connectivity index (χ2n) is 4.18. The molecule has 0 aliphatic carbocycles. The van der Waals surface area contributed by atoms with Crippen LogP contribution in [0, 0.1) is 5.41 Å². The molecule has 0 aliphatic rings. The lowest BCUT2D eigenvalue weighted by Gasteiger charge is -2.08. The first kappa shape index (κ1) is 13.4. The van der Waals surface area contributed by atoms with Crippen molar-refractivity contribution in [2.75, 3.05) is 6.61 Å². The average Bonchev–Trinajstić information content (AvgIpc) is 2.77. The Kier molecular flexibility index (Phi) is 4.06. The summed E-state index contributed by atoms with van der Waals surface area (Å²) in [6, 6.07) is 5.07. The molecule has 0 atom stereocenters. The first-order valence-corrected chi connectivity index (χ1v) is 6.18. The van der Waals surface area contributed by atoms with Crippen molar-refractivity contribution in [2.24, 2.45) is 12.8 Å². The zero-order chi connectivity index (χ0) is 13.8. The van der Waals surface area contributed by atoms with Crippen LogP contribution in [0.4, 0.5) is 0 Å². The molecule has 2 rings (SSSR count). The Morgan fingerprint density at radius 1 is 1.53 bits per heavy atom. The molecule has 1 aromatic carbocycles. The van der Waals surface area contributed by atoms with Crippen molar-refractivity contribution in [1.29, 1.82) is 5.41 Å². The van der Waals surface area contributed by atoms with Crippen molar-refractivity contribution in [2.45, 2.75) is 6.42 Å². The Hall–Kier alpha value is -2.01. The van der Waals surface area contributed by atoms with E-state index in [-0.39, 0.29) is 5.84 Å². The zero-order valence-electron chi connectivity index (χ0n) is 10.6. The van der Waals surface area contributed by atoms with Gasteiger partial charge in [0.25, 0.3) is 0 Å². The number of nitrogen functional groups attached to an aromatic ring is 1. The van der Waals surface area contributed by atoms with Gasteiger partial charge in [-0.1, -0.05) is 11.6 Å². The van der Waals surface area contributed by atoms with E-state index in [1.807, 2.05) is 19.4 Å². The van der Waals surface area contributed by atoms with Crippen molar-refractivity contribution in [3.05, 3.63) is 46.7 Å². The van der Waals surface area contributed by atoms with Crippen LogP contribution in [0.2, 0.25) is 5.02 Å². The number of nitrogens with zero attached hydrogens (tertiary/aromatic N) is 2. The highest BCUT2D eigenvalue weighted by molar-refractivity contribution is 6.32. The smallest absolute Gasteiger partial charge is 0.137 e. The summed E-state index contributed by atoms with van der Waals surface area (Å²) in [4.78, 5) is 0. The summed E-state index contributed by atoms with van der Waals surface area (Å²) in [6.45, 7) is 0.519. The minimum Gasteiger partial charge on any atom is -0.492 e. The lowest BCUT2D eigenvalue weighted by Crippen LogP contribution is -2.11. The van der Waals surface area contributed by atoms with E-state index in [1.54, 1.807) is 22.9 Å². The largest absolute Gasteiger partial charge is 0.492 e. The van der Waals surface area contributed by atoms with E-state index in [4.69, 9.17) is 27.5 Å². The van der Waals surface area contributed by atoms with Gasteiger partial charge in [0.05, 0.1) is 17.8 Å². The standard InChI is InChI=1S/C13H15ClN4O/c1-18-8-9(7-17-18)4-5-19-12-3-2-10(13(15)16)6-11(12)14/h2-3,6-8H,4-5H2,1H3,(H3,15,16). The van der Waals surface area contributed by atoms with E-state index >= 15 is 0 Å². The van der Waals surface area contributed by atoms with Crippen LogP contribution in [-0.2, 0) is 13.5 Å². The lowest BCUT2D eigenvalue weighted by molar-refractivity contribution is 0.322. The van der Waals surface area contributed by atoms with E-state index in [0.717, 1.165) is 12.0 Å². The van der Waals surface area contributed by atoms with Crippen molar-refractivity contribution in [3.8, 4) is 5.75 Å². The first-order valence-electron chi connectivity index (χ1n) is 5.80. The van der Waals surface area contributed by atoms with Gasteiger partial charge >= 0.3 is 0 Å². The van der Waals surface area contributed by atoms with E-state index < -0.39 is 0 Å². The molecule has 100 valence electrons. The topological polar surface area (TPSA) is 76.9 Å². The number of nitrogens with two attached hydrogens (primary N) is 1. The van der Waals surface area contributed by atoms with Crippen LogP contribution in [0.15, 0.2) is 30.6 Å². The van der Waals surface area contributed by atoms with Crippen LogP contribution in [0.25, 0.3) is 0 Å². The number of ether oxygens (including phenoxy) is 1. The zero-order valence-corrected chi connectivity index (χ0v) is 11.3. The van der Waals surface area contributed by atoms with Gasteiger partial charge < -0.3 is 10.5 Å². The molecule has 0 saturated heterocycles. The highest BCUT2D eigenvalue weighted by atomic mass is 35.5. The van der Waals surface area contributed by atoms with E-state index in [2.05, 4.69) is 5.10 Å². The fraction of sp³-hybridized carbons (Fsp3) is 0.231. The number of aromatic nitrogens is 2. The predicted molar refractivity (Wildman–Crippen MR) is 74.9 cm³/mol. The van der Waals surface area contributed by atoms with Gasteiger partial charge in [0.1, 0.15) is 11.6 Å². The molecule has 19 heavy (non-hydrogen) atoms. The summed E-state index contributed by atoms with van der Waals surface area (Å²) < 4.78 is 7.36. The number of hydrogen-bond donors (Lipinski definition) is 2. The molecule has 0 spiro atoms. The molecule has 0 bridgehead atoms. The average molecular weight is 279 g/mol. The van der Waals surface area contributed by atoms with Crippen LogP contribution in [0.1, 0.15) is 11.1 Å². The SMILES string of the molecule is Cn1cc(CCOc2ccc(C(=N)N)cc2Cl)cn1. The highest BCUT2D eigenvalue weighted by Crippen LogP contribution is 2.25. The third-order valence-electron chi connectivity index (χ3n) is 2.65. The van der Waals surface area contributed by atoms with Crippen molar-refractivity contribution in [1.82, 2.24) is 9.78 Å². The van der Waals surface area contributed by atoms with E-state index in [9.17, 15) is 0 Å². The van der Waals surface area contributed by atoms with Crippen LogP contribution < -0.4 is 10.5 Å². The van der Waals surface area contributed by atoms with Gasteiger partial charge in [0.15, 0.2) is 0 Å². The Labute approximate surface area is 116 Å². The quantitative estimate of drug-likeness (QED) is 0.648. The Morgan fingerprint density at radius 3 is 2.89 bits per heavy atom. The molecule has 1 heterocycles. The maximum absolute atomic E-state index is 7.32. The molecular formula is C13H15ClN4O. The third-order valence-corrected chi connectivity index (χ3v) is 2.94. The minimum atomic E-state index is -0.0104. The molecule has 2 aromatic rings. The molecule has 0 amide bonds. The van der Waals surface area contributed by atoms with Gasteiger partial charge in [-0.15, -0.1) is 0 Å². The molecule has 0 unspecified atom stereocenters. The molecular weight excluding hydrogens is 264 g/mol. The third kappa shape index (κ3) is 3.48. The molecule has 0 fully saturated rings. The van der Waals surface area contributed by atoms with E-state index in [1.165, 1.54) is 0 Å². The second kappa shape index (κ2) is 5.75. The van der Waals surface area contributed by atoms with Gasteiger partial charge in [-0.2, -0.15) is 5.10 Å². The fourth-order valence-electron chi connectivity index (χ4n) is 1.67. The summed E-state index contributed by atoms with van der Waals surface area (Å²) in [7, 11) is 1.88. The molecule has 3 N–H and O–H groups in total. The predicted octanol–water partition coefficient (Wildman–Crippen LogP) is 1.98. The van der Waals surface area contributed by atoms with Crippen LogP contribution in [0.3, 0.4) is 0 Å². The normalized spacial score (nSPS) is 10.4. The van der Waals surface area contributed by atoms with Crippen LogP contribution in [-0.4, -0.2) is 22.2 Å². The summed E-state index contributed by atoms with van der Waals surface area (Å²) in [5.74, 6) is 0.583. The van der Waals surface area contributed by atoms with Crippen molar-refractivity contribution < 1.29 is 4.74 Å². The van der Waals surface area contributed by atoms with Gasteiger partial charge in [0, 0.05) is 25.2 Å². The lowest BCUT2D eigenvalue weighted by atomic mass is 10.2. The Bertz CT molecular complexity index is 594. The first-order chi connectivity index (χ1) is 9.06. The molecule has 6 heteroatoms. The number of rotatable bonds is 5. The fourth-order valence-corrected chi connectivity index (χ4v) is 1.90. The number of amidine groups is 1. The van der Waals surface area contributed by atoms with Crippen LogP contribution >= 0.6 is 11.6 Å². The van der Waals surface area contributed by atoms with E-state index in [0.29, 0.717) is 22.9 Å². The Morgan fingerprint density at radius 2 is 2.32 bits per heavy atom. The summed E-state index contributed by atoms with van der Waals surface area (Å²) in [5, 5.41) is 11.9. The van der Waals surface area contributed by atoms with Gasteiger partial charge in [0.2, 0.25) is 0 Å². The number of halogens is 1. The number of hydrogen-bond acceptors (Lipinski definition) is 3. The summed E-state index contributed by atoms with van der Waals surface area (Å²) in [6.07, 6.45) is 4.52. The summed E-state index contributed by atoms with van der Waals surface area (Å²) in [5.41, 5.74) is 7.08. The molecule has 0 saturated carbocycles. The number of nitrogens with one attached hydrogen (secondary N) is 1. The molecule has 1 aromatic heterocycles. The summed E-state index contributed by atoms with van der Waals surface area (Å²) >= 11 is 6.07. The molecule has 0 aliphatic heterocycles. The number of aryl methyl sites for hydroxylation is 1. The maximum atomic E-state index is 7.32. The molecule has 5 nitrogen and oxygen atoms in total. The van der Waals surface area contributed by atoms with Gasteiger partial charge in [-0.25, -0.2) is 0 Å². The maximum Gasteiger partial charge on any atom is 0.137 e. The number of benzene rings is 1. The Balaban J connectivity index is 1.94. The second-order valence-corrected chi connectivity index (χ2v) is 4.59. The monoisotopic (exact) mass is 278 g/mol. The highest BCUT2D eigenvalue weighted by Gasteiger charge is 2.05. The van der Waals surface area contributed by atoms with Gasteiger partial charge in [-0.05, 0) is 23.8 Å². The van der Waals surface area contributed by atoms with Crippen molar-refractivity contribution >= 4 is 17.4 Å². The minimum absolute atomic E-state index is 0.0104. The van der Waals surface area contributed by atoms with Crippen molar-refractivity contribution in [3.63, 3.8) is 0 Å². The van der Waals surface area contributed by atoms with Crippen LogP contribution in [0.5, 0.6) is 5.75 Å². The molecule has 0 radical (unpaired) electrons.